The molecule has 6 heteroatoms. The zero-order valence-electron chi connectivity index (χ0n) is 7.56. The number of amides is 1. The van der Waals surface area contributed by atoms with E-state index in [1.54, 1.807) is 6.07 Å². The van der Waals surface area contributed by atoms with Crippen molar-refractivity contribution in [2.45, 2.75) is 0 Å². The Morgan fingerprint density at radius 1 is 1.40 bits per heavy atom. The van der Waals surface area contributed by atoms with Gasteiger partial charge in [-0.05, 0) is 0 Å². The Morgan fingerprint density at radius 2 is 2.07 bits per heavy atom. The fraction of sp³-hybridized carbons (Fsp3) is 0.111. The fourth-order valence-corrected chi connectivity index (χ4v) is 1.34. The van der Waals surface area contributed by atoms with Gasteiger partial charge in [-0.25, -0.2) is 0 Å². The van der Waals surface area contributed by atoms with Crippen LogP contribution >= 0.6 is 0 Å². The van der Waals surface area contributed by atoms with Gasteiger partial charge in [0.05, 0.1) is 0 Å². The summed E-state index contributed by atoms with van der Waals surface area (Å²) in [4.78, 5) is 21.6. The van der Waals surface area contributed by atoms with Crippen LogP contribution in [0.25, 0.3) is 0 Å². The number of rotatable bonds is 3. The zero-order chi connectivity index (χ0) is 11.4. The Kier molecular flexibility index (Phi) is 3.71. The monoisotopic (exact) mass is 274 g/mol. The van der Waals surface area contributed by atoms with Gasteiger partial charge in [0.25, 0.3) is 0 Å². The molecular weight excluding hydrogens is 265 g/mol. The molecule has 0 aliphatic heterocycles. The van der Waals surface area contributed by atoms with Crippen molar-refractivity contribution in [2.75, 3.05) is 6.54 Å². The second-order valence-corrected chi connectivity index (χ2v) is 3.74. The SMILES string of the molecule is O=C(O)CNC(=O)c1cc([Se])ccc1O. The van der Waals surface area contributed by atoms with Gasteiger partial charge in [-0.3, -0.25) is 0 Å². The predicted molar refractivity (Wildman–Crippen MR) is 53.5 cm³/mol. The number of carbonyl (C=O) groups is 2. The van der Waals surface area contributed by atoms with E-state index >= 15 is 0 Å². The van der Waals surface area contributed by atoms with Crippen molar-refractivity contribution >= 4 is 32.4 Å². The van der Waals surface area contributed by atoms with Crippen molar-refractivity contribution in [3.63, 3.8) is 0 Å². The average Bonchev–Trinajstić information content (AvgIpc) is 2.18. The fourth-order valence-electron chi connectivity index (χ4n) is 0.948. The number of carboxylic acid groups (broad SMARTS) is 1. The molecule has 0 bridgehead atoms. The third-order valence-electron chi connectivity index (χ3n) is 1.61. The molecule has 5 nitrogen and oxygen atoms in total. The van der Waals surface area contributed by atoms with Gasteiger partial charge in [-0.1, -0.05) is 0 Å². The molecule has 0 aliphatic carbocycles. The summed E-state index contributed by atoms with van der Waals surface area (Å²) < 4.78 is 0.688. The quantitative estimate of drug-likeness (QED) is 0.617. The van der Waals surface area contributed by atoms with Crippen LogP contribution in [0, 0.1) is 0 Å². The van der Waals surface area contributed by atoms with Crippen molar-refractivity contribution in [3.8, 4) is 5.75 Å². The van der Waals surface area contributed by atoms with Gasteiger partial charge >= 0.3 is 93.5 Å². The standard InChI is InChI=1S/C9H8NO4Se/c11-7-2-1-5(15)3-6(7)9(14)10-4-8(12)13/h1-3,11H,4H2,(H,10,14)(H,12,13). The summed E-state index contributed by atoms with van der Waals surface area (Å²) in [5.74, 6) is -1.94. The van der Waals surface area contributed by atoms with E-state index in [2.05, 4.69) is 21.3 Å². The summed E-state index contributed by atoms with van der Waals surface area (Å²) >= 11 is 2.68. The molecule has 1 rings (SSSR count). The Morgan fingerprint density at radius 3 is 2.67 bits per heavy atom. The van der Waals surface area contributed by atoms with Crippen molar-refractivity contribution in [2.24, 2.45) is 0 Å². The second-order valence-electron chi connectivity index (χ2n) is 2.76. The molecular formula is C9H8NO4Se. The number of phenolic OH excluding ortho intramolecular Hbond substituents is 1. The van der Waals surface area contributed by atoms with Crippen LogP contribution in [0.2, 0.25) is 0 Å². The zero-order valence-corrected chi connectivity index (χ0v) is 9.27. The topological polar surface area (TPSA) is 86.6 Å². The molecule has 1 aromatic rings. The molecule has 0 saturated heterocycles. The van der Waals surface area contributed by atoms with Crippen LogP contribution in [-0.4, -0.2) is 44.6 Å². The van der Waals surface area contributed by atoms with E-state index in [-0.39, 0.29) is 11.3 Å². The van der Waals surface area contributed by atoms with E-state index in [9.17, 15) is 14.7 Å². The summed E-state index contributed by atoms with van der Waals surface area (Å²) in [5, 5.41) is 19.9. The van der Waals surface area contributed by atoms with Gasteiger partial charge < -0.3 is 0 Å². The summed E-state index contributed by atoms with van der Waals surface area (Å²) in [7, 11) is 0. The number of carbonyl (C=O) groups excluding carboxylic acids is 1. The molecule has 0 unspecified atom stereocenters. The first-order chi connectivity index (χ1) is 7.00. The number of hydrogen-bond donors (Lipinski definition) is 3. The van der Waals surface area contributed by atoms with Gasteiger partial charge in [0.1, 0.15) is 0 Å². The van der Waals surface area contributed by atoms with Crippen LogP contribution < -0.4 is 9.78 Å². The number of phenols is 1. The predicted octanol–water partition coefficient (Wildman–Crippen LogP) is -1.000. The third-order valence-corrected chi connectivity index (χ3v) is 2.15. The molecule has 3 N–H and O–H groups in total. The molecule has 0 atom stereocenters. The van der Waals surface area contributed by atoms with Crippen LogP contribution in [0.4, 0.5) is 0 Å². The molecule has 79 valence electrons. The van der Waals surface area contributed by atoms with Gasteiger partial charge in [0.15, 0.2) is 0 Å². The number of carboxylic acids is 1. The molecule has 1 aromatic carbocycles. The minimum atomic E-state index is -1.14. The van der Waals surface area contributed by atoms with Gasteiger partial charge in [-0.15, -0.1) is 0 Å². The Bertz CT molecular complexity index is 405. The minimum absolute atomic E-state index is 0.0486. The Balaban J connectivity index is 2.81. The molecule has 0 heterocycles. The van der Waals surface area contributed by atoms with Crippen LogP contribution in [0.3, 0.4) is 0 Å². The molecule has 0 saturated carbocycles. The summed E-state index contributed by atoms with van der Waals surface area (Å²) in [5.41, 5.74) is 0.0486. The first-order valence-corrected chi connectivity index (χ1v) is 4.86. The summed E-state index contributed by atoms with van der Waals surface area (Å²) in [6.45, 7) is -0.476. The number of nitrogens with one attached hydrogen (secondary N) is 1. The number of hydrogen-bond acceptors (Lipinski definition) is 3. The molecule has 0 aromatic heterocycles. The average molecular weight is 273 g/mol. The van der Waals surface area contributed by atoms with E-state index in [1.165, 1.54) is 12.1 Å². The van der Waals surface area contributed by atoms with Crippen LogP contribution in [0.5, 0.6) is 5.75 Å². The number of benzene rings is 1. The van der Waals surface area contributed by atoms with E-state index in [1.807, 2.05) is 0 Å². The Hall–Kier alpha value is -1.52. The molecule has 0 fully saturated rings. The molecule has 1 radical (unpaired) electrons. The molecule has 0 aliphatic rings. The van der Waals surface area contributed by atoms with E-state index in [0.717, 1.165) is 0 Å². The molecule has 0 spiro atoms. The van der Waals surface area contributed by atoms with Crippen LogP contribution in [-0.2, 0) is 4.79 Å². The summed E-state index contributed by atoms with van der Waals surface area (Å²) in [6.07, 6.45) is 0. The Labute approximate surface area is 93.9 Å². The second kappa shape index (κ2) is 4.82. The van der Waals surface area contributed by atoms with Crippen molar-refractivity contribution in [1.29, 1.82) is 0 Å². The third kappa shape index (κ3) is 3.27. The number of aliphatic carboxylic acids is 1. The van der Waals surface area contributed by atoms with Crippen molar-refractivity contribution in [1.82, 2.24) is 5.32 Å². The van der Waals surface area contributed by atoms with E-state index in [0.29, 0.717) is 4.46 Å². The van der Waals surface area contributed by atoms with Crippen LogP contribution in [0.1, 0.15) is 10.4 Å². The summed E-state index contributed by atoms with van der Waals surface area (Å²) in [6, 6.07) is 4.40. The van der Waals surface area contributed by atoms with E-state index in [4.69, 9.17) is 5.11 Å². The van der Waals surface area contributed by atoms with Crippen LogP contribution in [0.15, 0.2) is 18.2 Å². The molecule has 15 heavy (non-hydrogen) atoms. The van der Waals surface area contributed by atoms with Gasteiger partial charge in [-0.2, -0.15) is 0 Å². The first kappa shape index (κ1) is 11.6. The van der Waals surface area contributed by atoms with Crippen molar-refractivity contribution in [3.05, 3.63) is 23.8 Å². The van der Waals surface area contributed by atoms with Gasteiger partial charge in [0.2, 0.25) is 0 Å². The normalized spacial score (nSPS) is 9.60. The number of aromatic hydroxyl groups is 1. The molecule has 1 amide bonds. The van der Waals surface area contributed by atoms with Crippen molar-refractivity contribution < 1.29 is 19.8 Å². The van der Waals surface area contributed by atoms with Gasteiger partial charge in [0, 0.05) is 0 Å². The maximum atomic E-state index is 11.4. The maximum absolute atomic E-state index is 11.4. The van der Waals surface area contributed by atoms with E-state index < -0.39 is 18.4 Å². The first-order valence-electron chi connectivity index (χ1n) is 4.00.